The van der Waals surface area contributed by atoms with Crippen molar-refractivity contribution in [2.45, 2.75) is 32.1 Å². The Morgan fingerprint density at radius 2 is 1.75 bits per heavy atom. The number of benzene rings is 3. The van der Waals surface area contributed by atoms with Crippen LogP contribution in [0.2, 0.25) is 0 Å². The average Bonchev–Trinajstić information content (AvgIpc) is 2.95. The van der Waals surface area contributed by atoms with Crippen LogP contribution in [0.4, 0.5) is 30.5 Å². The molecular formula is C32H29F3N4O. The molecule has 1 fully saturated rings. The fourth-order valence-electron chi connectivity index (χ4n) is 4.97. The maximum Gasteiger partial charge on any atom is 0.227 e. The highest BCUT2D eigenvalue weighted by Crippen LogP contribution is 2.30. The second-order valence-corrected chi connectivity index (χ2v) is 9.91. The van der Waals surface area contributed by atoms with Crippen LogP contribution in [0.5, 0.6) is 0 Å². The summed E-state index contributed by atoms with van der Waals surface area (Å²) in [6.07, 6.45) is 6.30. The van der Waals surface area contributed by atoms with Crippen molar-refractivity contribution in [3.05, 3.63) is 114 Å². The lowest BCUT2D eigenvalue weighted by Gasteiger charge is -2.29. The zero-order chi connectivity index (χ0) is 28.1. The van der Waals surface area contributed by atoms with Crippen molar-refractivity contribution in [3.63, 3.8) is 0 Å². The van der Waals surface area contributed by atoms with E-state index >= 15 is 0 Å². The largest absolute Gasteiger partial charge is 0.369 e. The molecule has 1 N–H and O–H groups in total. The van der Waals surface area contributed by atoms with Gasteiger partial charge in [-0.05, 0) is 85.0 Å². The summed E-state index contributed by atoms with van der Waals surface area (Å²) in [5, 5.41) is 3.15. The van der Waals surface area contributed by atoms with Crippen LogP contribution < -0.4 is 10.2 Å². The molecular weight excluding hydrogens is 513 g/mol. The molecule has 0 amide bonds. The lowest BCUT2D eigenvalue weighted by atomic mass is 9.98. The summed E-state index contributed by atoms with van der Waals surface area (Å²) < 4.78 is 43.3. The van der Waals surface area contributed by atoms with Crippen molar-refractivity contribution in [1.29, 1.82) is 0 Å². The van der Waals surface area contributed by atoms with Gasteiger partial charge in [-0.3, -0.25) is 4.79 Å². The van der Waals surface area contributed by atoms with Gasteiger partial charge < -0.3 is 10.2 Å². The summed E-state index contributed by atoms with van der Waals surface area (Å²) >= 11 is 0. The molecule has 2 heterocycles. The van der Waals surface area contributed by atoms with E-state index in [-0.39, 0.29) is 29.8 Å². The number of halogens is 3. The Morgan fingerprint density at radius 1 is 0.950 bits per heavy atom. The van der Waals surface area contributed by atoms with Gasteiger partial charge in [-0.15, -0.1) is 0 Å². The van der Waals surface area contributed by atoms with Gasteiger partial charge in [-0.25, -0.2) is 23.1 Å². The Balaban J connectivity index is 1.52. The fourth-order valence-corrected chi connectivity index (χ4v) is 4.97. The number of nitrogens with one attached hydrogen (secondary N) is 1. The molecule has 0 aliphatic carbocycles. The normalized spacial score (nSPS) is 13.2. The zero-order valence-electron chi connectivity index (χ0n) is 22.0. The zero-order valence-corrected chi connectivity index (χ0v) is 22.0. The molecule has 40 heavy (non-hydrogen) atoms. The maximum absolute atomic E-state index is 14.7. The minimum Gasteiger partial charge on any atom is -0.369 e. The Bertz CT molecular complexity index is 1550. The van der Waals surface area contributed by atoms with E-state index in [2.05, 4.69) is 16.9 Å². The molecule has 8 heteroatoms. The minimum atomic E-state index is -0.515. The minimum absolute atomic E-state index is 0.00145. The predicted octanol–water partition coefficient (Wildman–Crippen LogP) is 7.18. The van der Waals surface area contributed by atoms with Crippen LogP contribution in [0.1, 0.15) is 36.0 Å². The number of ketones is 1. The number of anilines is 3. The predicted molar refractivity (Wildman–Crippen MR) is 151 cm³/mol. The van der Waals surface area contributed by atoms with Crippen molar-refractivity contribution in [2.75, 3.05) is 23.3 Å². The van der Waals surface area contributed by atoms with Gasteiger partial charge in [0.05, 0.1) is 11.4 Å². The number of nitrogens with zero attached hydrogens (tertiary/aromatic N) is 3. The molecule has 204 valence electrons. The Hall–Kier alpha value is -4.46. The van der Waals surface area contributed by atoms with Crippen molar-refractivity contribution in [1.82, 2.24) is 9.97 Å². The van der Waals surface area contributed by atoms with Crippen LogP contribution in [0.3, 0.4) is 0 Å². The van der Waals surface area contributed by atoms with Crippen LogP contribution in [0, 0.1) is 17.5 Å². The van der Waals surface area contributed by atoms with Crippen molar-refractivity contribution in [3.8, 4) is 11.3 Å². The highest BCUT2D eigenvalue weighted by atomic mass is 19.1. The number of hydrogen-bond acceptors (Lipinski definition) is 5. The molecule has 0 atom stereocenters. The molecule has 0 unspecified atom stereocenters. The molecule has 0 saturated carbocycles. The standard InChI is InChI=1S/C32H29F3N4O/c1-2-28(40)17-22-14-23(18-26(34)16-22)31-24(13-21-7-6-8-25(33)15-21)20-36-32(38-31)37-27-9-10-29(35)30(19-27)39-11-4-3-5-12-39/h2,6-10,14-16,18-20H,1,3-5,11-13,17H2,(H,36,37,38). The van der Waals surface area contributed by atoms with Crippen molar-refractivity contribution in [2.24, 2.45) is 0 Å². The SMILES string of the molecule is C=CC(=O)Cc1cc(F)cc(-c2nc(Nc3ccc(F)c(N4CCCCC4)c3)ncc2Cc2cccc(F)c2)c1. The Kier molecular flexibility index (Phi) is 8.24. The second kappa shape index (κ2) is 12.2. The van der Waals surface area contributed by atoms with Gasteiger partial charge in [0.1, 0.15) is 17.5 Å². The highest BCUT2D eigenvalue weighted by molar-refractivity contribution is 5.91. The Labute approximate surface area is 231 Å². The van der Waals surface area contributed by atoms with Gasteiger partial charge in [0.25, 0.3) is 0 Å². The summed E-state index contributed by atoms with van der Waals surface area (Å²) in [5.74, 6) is -1.17. The first-order chi connectivity index (χ1) is 19.4. The van der Waals surface area contributed by atoms with Gasteiger partial charge in [-0.2, -0.15) is 0 Å². The monoisotopic (exact) mass is 542 g/mol. The molecule has 3 aromatic carbocycles. The van der Waals surface area contributed by atoms with Gasteiger partial charge in [-0.1, -0.05) is 18.7 Å². The number of hydrogen-bond donors (Lipinski definition) is 1. The number of carbonyl (C=O) groups is 1. The lowest BCUT2D eigenvalue weighted by molar-refractivity contribution is -0.114. The number of piperidine rings is 1. The van der Waals surface area contributed by atoms with Crippen LogP contribution in [0.25, 0.3) is 11.3 Å². The Morgan fingerprint density at radius 3 is 2.52 bits per heavy atom. The molecule has 1 aliphatic rings. The smallest absolute Gasteiger partial charge is 0.227 e. The van der Waals surface area contributed by atoms with E-state index < -0.39 is 5.82 Å². The number of aromatic nitrogens is 2. The van der Waals surface area contributed by atoms with E-state index in [1.54, 1.807) is 36.5 Å². The third-order valence-electron chi connectivity index (χ3n) is 6.88. The first kappa shape index (κ1) is 27.1. The molecule has 5 nitrogen and oxygen atoms in total. The fraction of sp³-hybridized carbons (Fsp3) is 0.219. The van der Waals surface area contributed by atoms with Gasteiger partial charge in [0, 0.05) is 48.9 Å². The molecule has 5 rings (SSSR count). The molecule has 0 spiro atoms. The molecule has 1 aliphatic heterocycles. The summed E-state index contributed by atoms with van der Waals surface area (Å²) in [7, 11) is 0. The molecule has 0 bridgehead atoms. The van der Waals surface area contributed by atoms with Crippen molar-refractivity contribution < 1.29 is 18.0 Å². The van der Waals surface area contributed by atoms with E-state index in [4.69, 9.17) is 4.98 Å². The van der Waals surface area contributed by atoms with E-state index in [0.717, 1.165) is 32.4 Å². The van der Waals surface area contributed by atoms with Gasteiger partial charge in [0.2, 0.25) is 5.95 Å². The second-order valence-electron chi connectivity index (χ2n) is 9.91. The van der Waals surface area contributed by atoms with Crippen LogP contribution >= 0.6 is 0 Å². The third-order valence-corrected chi connectivity index (χ3v) is 6.88. The first-order valence-corrected chi connectivity index (χ1v) is 13.2. The summed E-state index contributed by atoms with van der Waals surface area (Å²) in [4.78, 5) is 23.2. The number of rotatable bonds is 9. The van der Waals surface area contributed by atoms with E-state index in [1.165, 1.54) is 36.4 Å². The average molecular weight is 543 g/mol. The number of carbonyl (C=O) groups excluding carboxylic acids is 1. The van der Waals surface area contributed by atoms with Crippen LogP contribution in [-0.2, 0) is 17.6 Å². The summed E-state index contributed by atoms with van der Waals surface area (Å²) in [5.41, 5.74) is 3.86. The molecule has 4 aromatic rings. The van der Waals surface area contributed by atoms with Crippen LogP contribution in [-0.4, -0.2) is 28.8 Å². The first-order valence-electron chi connectivity index (χ1n) is 13.2. The lowest BCUT2D eigenvalue weighted by Crippen LogP contribution is -2.30. The highest BCUT2D eigenvalue weighted by Gasteiger charge is 2.17. The summed E-state index contributed by atoms with van der Waals surface area (Å²) in [6.45, 7) is 5.09. The van der Waals surface area contributed by atoms with E-state index in [0.29, 0.717) is 45.7 Å². The van der Waals surface area contributed by atoms with Crippen molar-refractivity contribution >= 4 is 23.1 Å². The molecule has 0 radical (unpaired) electrons. The summed E-state index contributed by atoms with van der Waals surface area (Å²) in [6, 6.07) is 15.3. The molecule has 1 saturated heterocycles. The van der Waals surface area contributed by atoms with Crippen LogP contribution in [0.15, 0.2) is 79.5 Å². The van der Waals surface area contributed by atoms with E-state index in [9.17, 15) is 18.0 Å². The maximum atomic E-state index is 14.7. The van der Waals surface area contributed by atoms with Gasteiger partial charge in [0.15, 0.2) is 5.78 Å². The third kappa shape index (κ3) is 6.57. The topological polar surface area (TPSA) is 58.1 Å². The van der Waals surface area contributed by atoms with Gasteiger partial charge >= 0.3 is 0 Å². The van der Waals surface area contributed by atoms with E-state index in [1.807, 2.05) is 4.90 Å². The quantitative estimate of drug-likeness (QED) is 0.227. The number of allylic oxidation sites excluding steroid dienone is 1. The molecule has 1 aromatic heterocycles.